The number of carbonyl (C=O) groups is 1. The van der Waals surface area contributed by atoms with Crippen LogP contribution in [0.3, 0.4) is 0 Å². The molecule has 1 aliphatic rings. The minimum Gasteiger partial charge on any atom is -0.435 e. The molecule has 26 heavy (non-hydrogen) atoms. The van der Waals surface area contributed by atoms with Crippen molar-refractivity contribution in [2.24, 2.45) is 5.92 Å². The Balaban J connectivity index is 1.63. The summed E-state index contributed by atoms with van der Waals surface area (Å²) < 4.78 is 28.9. The monoisotopic (exact) mass is 360 g/mol. The van der Waals surface area contributed by atoms with Crippen molar-refractivity contribution in [1.82, 2.24) is 0 Å². The maximum absolute atomic E-state index is 12.3. The molecule has 2 aromatic rings. The zero-order valence-electron chi connectivity index (χ0n) is 14.6. The van der Waals surface area contributed by atoms with Gasteiger partial charge in [-0.3, -0.25) is 4.79 Å². The smallest absolute Gasteiger partial charge is 0.387 e. The first kappa shape index (κ1) is 18.2. The maximum Gasteiger partial charge on any atom is 0.387 e. The molecular formula is C20H22F2N2O2. The molecule has 0 bridgehead atoms. The van der Waals surface area contributed by atoms with Crippen LogP contribution < -0.4 is 15.0 Å². The second kappa shape index (κ2) is 8.17. The van der Waals surface area contributed by atoms with Gasteiger partial charge in [0.1, 0.15) is 5.75 Å². The molecule has 4 nitrogen and oxygen atoms in total. The largest absolute Gasteiger partial charge is 0.435 e. The summed E-state index contributed by atoms with van der Waals surface area (Å²) in [5.74, 6) is 0.362. The summed E-state index contributed by atoms with van der Waals surface area (Å²) in [6, 6.07) is 13.4. The zero-order chi connectivity index (χ0) is 18.5. The van der Waals surface area contributed by atoms with Crippen LogP contribution in [-0.2, 0) is 0 Å². The number of carbonyl (C=O) groups excluding carboxylic acids is 1. The van der Waals surface area contributed by atoms with Gasteiger partial charge in [0.05, 0.1) is 0 Å². The summed E-state index contributed by atoms with van der Waals surface area (Å²) in [7, 11) is 0. The Morgan fingerprint density at radius 1 is 1.15 bits per heavy atom. The van der Waals surface area contributed by atoms with Crippen molar-refractivity contribution in [3.63, 3.8) is 0 Å². The Hall–Kier alpha value is -2.63. The Kier molecular flexibility index (Phi) is 5.71. The summed E-state index contributed by atoms with van der Waals surface area (Å²) >= 11 is 0. The van der Waals surface area contributed by atoms with Crippen LogP contribution in [0.5, 0.6) is 5.75 Å². The van der Waals surface area contributed by atoms with Crippen LogP contribution >= 0.6 is 0 Å². The molecule has 0 saturated carbocycles. The second-order valence-electron chi connectivity index (χ2n) is 6.58. The van der Waals surface area contributed by atoms with E-state index in [1.165, 1.54) is 31.0 Å². The van der Waals surface area contributed by atoms with Crippen LogP contribution in [0.25, 0.3) is 0 Å². The molecule has 0 atom stereocenters. The number of ether oxygens (including phenoxy) is 1. The van der Waals surface area contributed by atoms with E-state index in [1.54, 1.807) is 6.07 Å². The van der Waals surface area contributed by atoms with E-state index < -0.39 is 6.61 Å². The molecule has 0 aromatic heterocycles. The number of hydrogen-bond acceptors (Lipinski definition) is 3. The number of piperidine rings is 1. The predicted octanol–water partition coefficient (Wildman–Crippen LogP) is 4.78. The summed E-state index contributed by atoms with van der Waals surface area (Å²) in [6.07, 6.45) is 2.38. The van der Waals surface area contributed by atoms with E-state index in [-0.39, 0.29) is 17.2 Å². The van der Waals surface area contributed by atoms with Gasteiger partial charge in [-0.25, -0.2) is 0 Å². The molecule has 0 spiro atoms. The lowest BCUT2D eigenvalue weighted by atomic mass is 9.99. The van der Waals surface area contributed by atoms with E-state index in [0.29, 0.717) is 5.69 Å². The first-order valence-electron chi connectivity index (χ1n) is 8.72. The average Bonchev–Trinajstić information content (AvgIpc) is 2.63. The second-order valence-corrected chi connectivity index (χ2v) is 6.58. The van der Waals surface area contributed by atoms with Gasteiger partial charge < -0.3 is 15.0 Å². The third-order valence-electron chi connectivity index (χ3n) is 4.60. The van der Waals surface area contributed by atoms with Gasteiger partial charge in [-0.05, 0) is 61.2 Å². The maximum atomic E-state index is 12.3. The van der Waals surface area contributed by atoms with Crippen LogP contribution in [-0.4, -0.2) is 25.6 Å². The summed E-state index contributed by atoms with van der Waals surface area (Å²) in [4.78, 5) is 14.7. The van der Waals surface area contributed by atoms with Gasteiger partial charge in [-0.1, -0.05) is 13.0 Å². The quantitative estimate of drug-likeness (QED) is 0.835. The van der Waals surface area contributed by atoms with Crippen molar-refractivity contribution in [1.29, 1.82) is 0 Å². The molecule has 0 radical (unpaired) electrons. The molecule has 1 fully saturated rings. The molecule has 1 N–H and O–H groups in total. The van der Waals surface area contributed by atoms with E-state index in [9.17, 15) is 13.6 Å². The Morgan fingerprint density at radius 2 is 1.85 bits per heavy atom. The van der Waals surface area contributed by atoms with Crippen LogP contribution in [0.2, 0.25) is 0 Å². The van der Waals surface area contributed by atoms with E-state index in [4.69, 9.17) is 0 Å². The number of anilines is 2. The molecule has 1 heterocycles. The lowest BCUT2D eigenvalue weighted by Gasteiger charge is -2.32. The number of nitrogens with zero attached hydrogens (tertiary/aromatic N) is 1. The molecule has 6 heteroatoms. The number of hydrogen-bond donors (Lipinski definition) is 1. The Morgan fingerprint density at radius 3 is 2.50 bits per heavy atom. The lowest BCUT2D eigenvalue weighted by Crippen LogP contribution is -2.32. The molecule has 2 aromatic carbocycles. The third-order valence-corrected chi connectivity index (χ3v) is 4.60. The number of benzene rings is 2. The van der Waals surface area contributed by atoms with Gasteiger partial charge in [0.15, 0.2) is 0 Å². The van der Waals surface area contributed by atoms with Gasteiger partial charge in [0.25, 0.3) is 5.91 Å². The highest BCUT2D eigenvalue weighted by atomic mass is 19.3. The van der Waals surface area contributed by atoms with Crippen molar-refractivity contribution in [3.8, 4) is 5.75 Å². The molecular weight excluding hydrogens is 338 g/mol. The number of amides is 1. The molecule has 1 amide bonds. The van der Waals surface area contributed by atoms with Crippen molar-refractivity contribution in [2.45, 2.75) is 26.4 Å². The third kappa shape index (κ3) is 4.71. The van der Waals surface area contributed by atoms with Crippen molar-refractivity contribution >= 4 is 17.3 Å². The highest BCUT2D eigenvalue weighted by Gasteiger charge is 2.16. The van der Waals surface area contributed by atoms with E-state index >= 15 is 0 Å². The number of alkyl halides is 2. The average molecular weight is 360 g/mol. The van der Waals surface area contributed by atoms with Crippen LogP contribution in [0.4, 0.5) is 20.2 Å². The fraction of sp³-hybridized carbons (Fsp3) is 0.350. The van der Waals surface area contributed by atoms with E-state index in [0.717, 1.165) is 24.7 Å². The number of rotatable bonds is 5. The fourth-order valence-electron chi connectivity index (χ4n) is 3.04. The minimum absolute atomic E-state index is 0.0395. The van der Waals surface area contributed by atoms with Crippen LogP contribution in [0.1, 0.15) is 30.1 Å². The highest BCUT2D eigenvalue weighted by Crippen LogP contribution is 2.24. The zero-order valence-corrected chi connectivity index (χ0v) is 14.6. The summed E-state index contributed by atoms with van der Waals surface area (Å²) in [5, 5.41) is 2.78. The van der Waals surface area contributed by atoms with Gasteiger partial charge >= 0.3 is 6.61 Å². The van der Waals surface area contributed by atoms with E-state index in [2.05, 4.69) is 21.9 Å². The van der Waals surface area contributed by atoms with Crippen molar-refractivity contribution in [3.05, 3.63) is 54.1 Å². The van der Waals surface area contributed by atoms with Gasteiger partial charge in [0, 0.05) is 30.0 Å². The standard InChI is InChI=1S/C20H22F2N2O2/c1-14-9-11-24(12-10-14)17-7-5-16(6-8-17)23-19(25)15-3-2-4-18(13-15)26-20(21)22/h2-8,13-14,20H,9-12H2,1H3,(H,23,25). The van der Waals surface area contributed by atoms with Crippen LogP contribution in [0.15, 0.2) is 48.5 Å². The minimum atomic E-state index is -2.92. The summed E-state index contributed by atoms with van der Waals surface area (Å²) in [6.45, 7) is 1.45. The number of nitrogens with one attached hydrogen (secondary N) is 1. The summed E-state index contributed by atoms with van der Waals surface area (Å²) in [5.41, 5.74) is 2.06. The predicted molar refractivity (Wildman–Crippen MR) is 98.1 cm³/mol. The normalized spacial score (nSPS) is 15.2. The highest BCUT2D eigenvalue weighted by molar-refractivity contribution is 6.04. The molecule has 0 unspecified atom stereocenters. The molecule has 1 saturated heterocycles. The van der Waals surface area contributed by atoms with E-state index in [1.807, 2.05) is 24.3 Å². The first-order chi connectivity index (χ1) is 12.5. The molecule has 1 aliphatic heterocycles. The van der Waals surface area contributed by atoms with Gasteiger partial charge in [0.2, 0.25) is 0 Å². The lowest BCUT2D eigenvalue weighted by molar-refractivity contribution is -0.0498. The fourth-order valence-corrected chi connectivity index (χ4v) is 3.04. The van der Waals surface area contributed by atoms with Crippen LogP contribution in [0, 0.1) is 5.92 Å². The van der Waals surface area contributed by atoms with Gasteiger partial charge in [-0.2, -0.15) is 8.78 Å². The SMILES string of the molecule is CC1CCN(c2ccc(NC(=O)c3cccc(OC(F)F)c3)cc2)CC1. The Bertz CT molecular complexity index is 742. The molecule has 0 aliphatic carbocycles. The van der Waals surface area contributed by atoms with Gasteiger partial charge in [-0.15, -0.1) is 0 Å². The van der Waals surface area contributed by atoms with Crippen molar-refractivity contribution < 1.29 is 18.3 Å². The molecule has 3 rings (SSSR count). The molecule has 138 valence electrons. The van der Waals surface area contributed by atoms with Crippen molar-refractivity contribution in [2.75, 3.05) is 23.3 Å². The Labute approximate surface area is 151 Å². The number of halogens is 2. The first-order valence-corrected chi connectivity index (χ1v) is 8.72. The topological polar surface area (TPSA) is 41.6 Å².